The van der Waals surface area contributed by atoms with E-state index in [4.69, 9.17) is 26.1 Å². The lowest BCUT2D eigenvalue weighted by Crippen LogP contribution is -2.50. The fourth-order valence-electron chi connectivity index (χ4n) is 4.63. The molecule has 0 bridgehead atoms. The Morgan fingerprint density at radius 1 is 1.41 bits per heavy atom. The molecule has 0 aromatic carbocycles. The third-order valence-electron chi connectivity index (χ3n) is 7.77. The number of terminal acetylenes is 1. The maximum Gasteiger partial charge on any atom is 0.312 e. The second-order valence-corrected chi connectivity index (χ2v) is 16.1. The monoisotopic (exact) mass is 533 g/mol. The van der Waals surface area contributed by atoms with Gasteiger partial charge in [0.15, 0.2) is 30.9 Å². The molecule has 0 radical (unpaired) electrons. The van der Waals surface area contributed by atoms with Gasteiger partial charge in [-0.2, -0.15) is 14.4 Å². The van der Waals surface area contributed by atoms with Crippen LogP contribution in [0.1, 0.15) is 72.4 Å². The van der Waals surface area contributed by atoms with Crippen molar-refractivity contribution in [1.29, 1.82) is 0 Å². The summed E-state index contributed by atoms with van der Waals surface area (Å²) in [6, 6.07) is 0. The van der Waals surface area contributed by atoms with Gasteiger partial charge in [-0.05, 0) is 43.8 Å². The molecule has 1 aliphatic heterocycles. The first-order valence-electron chi connectivity index (χ1n) is 12.8. The molecule has 1 fully saturated rings. The predicted octanol–water partition coefficient (Wildman–Crippen LogP) is 4.99. The van der Waals surface area contributed by atoms with Crippen LogP contribution in [0.15, 0.2) is 6.33 Å². The van der Waals surface area contributed by atoms with Gasteiger partial charge in [-0.25, -0.2) is 4.98 Å². The van der Waals surface area contributed by atoms with Crippen LogP contribution in [-0.2, 0) is 18.7 Å². The minimum Gasteiger partial charge on any atom is -0.469 e. The SMILES string of the molecule is C#C[C@@]1(CCCC(CCC)C(=O)OC)O[C@@H](n2cnc3c(N)nc(F)nc32)C[C@@H]1O[Si](C)(C)C(C)(C)C. The predicted molar refractivity (Wildman–Crippen MR) is 142 cm³/mol. The number of nitrogens with zero attached hydrogens (tertiary/aromatic N) is 4. The number of anilines is 1. The third kappa shape index (κ3) is 5.97. The lowest BCUT2D eigenvalue weighted by atomic mass is 9.88. The molecule has 4 atom stereocenters. The van der Waals surface area contributed by atoms with Crippen LogP contribution in [0.25, 0.3) is 11.2 Å². The average molecular weight is 534 g/mol. The molecule has 2 aromatic rings. The maximum absolute atomic E-state index is 14.0. The van der Waals surface area contributed by atoms with Gasteiger partial charge in [0.05, 0.1) is 25.5 Å². The smallest absolute Gasteiger partial charge is 0.312 e. The zero-order chi connectivity index (χ0) is 27.6. The fourth-order valence-corrected chi connectivity index (χ4v) is 5.98. The Balaban J connectivity index is 1.94. The largest absolute Gasteiger partial charge is 0.469 e. The molecule has 9 nitrogen and oxygen atoms in total. The number of hydrogen-bond acceptors (Lipinski definition) is 8. The molecule has 2 aromatic heterocycles. The number of hydrogen-bond donors (Lipinski definition) is 1. The van der Waals surface area contributed by atoms with Crippen LogP contribution in [0.4, 0.5) is 10.2 Å². The van der Waals surface area contributed by atoms with E-state index >= 15 is 0 Å². The van der Waals surface area contributed by atoms with Crippen LogP contribution in [0, 0.1) is 24.3 Å². The van der Waals surface area contributed by atoms with Crippen LogP contribution < -0.4 is 5.73 Å². The van der Waals surface area contributed by atoms with Crippen LogP contribution in [-0.4, -0.2) is 52.6 Å². The summed E-state index contributed by atoms with van der Waals surface area (Å²) in [5, 5.41) is -0.0466. The number of methoxy groups -OCH3 is 1. The van der Waals surface area contributed by atoms with E-state index in [-0.39, 0.29) is 28.4 Å². The first-order valence-corrected chi connectivity index (χ1v) is 15.8. The van der Waals surface area contributed by atoms with Crippen molar-refractivity contribution in [2.75, 3.05) is 12.8 Å². The van der Waals surface area contributed by atoms with Crippen LogP contribution in [0.3, 0.4) is 0 Å². The van der Waals surface area contributed by atoms with Crippen molar-refractivity contribution >= 4 is 31.3 Å². The molecule has 0 amide bonds. The summed E-state index contributed by atoms with van der Waals surface area (Å²) in [6.07, 6.45) is 9.59. The van der Waals surface area contributed by atoms with Crippen molar-refractivity contribution in [3.63, 3.8) is 0 Å². The first kappa shape index (κ1) is 29.0. The summed E-state index contributed by atoms with van der Waals surface area (Å²) in [4.78, 5) is 24.0. The molecule has 1 saturated heterocycles. The number of ether oxygens (including phenoxy) is 2. The van der Waals surface area contributed by atoms with E-state index in [0.29, 0.717) is 31.2 Å². The molecule has 2 N–H and O–H groups in total. The maximum atomic E-state index is 14.0. The van der Waals surface area contributed by atoms with Gasteiger partial charge in [0.25, 0.3) is 0 Å². The summed E-state index contributed by atoms with van der Waals surface area (Å²) in [7, 11) is -0.826. The molecular formula is C26H40FN5O4Si. The van der Waals surface area contributed by atoms with Gasteiger partial charge in [-0.15, -0.1) is 6.42 Å². The van der Waals surface area contributed by atoms with Gasteiger partial charge in [0.2, 0.25) is 0 Å². The van der Waals surface area contributed by atoms with Crippen molar-refractivity contribution < 1.29 is 23.1 Å². The summed E-state index contributed by atoms with van der Waals surface area (Å²) in [6.45, 7) is 12.9. The molecule has 0 spiro atoms. The summed E-state index contributed by atoms with van der Waals surface area (Å²) in [5.74, 6) is 2.47. The number of fused-ring (bicyclic) bond motifs is 1. The van der Waals surface area contributed by atoms with E-state index in [9.17, 15) is 9.18 Å². The number of nitrogens with two attached hydrogens (primary N) is 1. The van der Waals surface area contributed by atoms with E-state index in [1.54, 1.807) is 4.57 Å². The Hall–Kier alpha value is -2.55. The Labute approximate surface area is 219 Å². The van der Waals surface area contributed by atoms with Crippen molar-refractivity contribution in [3.05, 3.63) is 12.4 Å². The summed E-state index contributed by atoms with van der Waals surface area (Å²) in [5.41, 5.74) is 5.36. The summed E-state index contributed by atoms with van der Waals surface area (Å²) < 4.78 is 34.1. The third-order valence-corrected chi connectivity index (χ3v) is 12.3. The number of rotatable bonds is 10. The lowest BCUT2D eigenvalue weighted by Gasteiger charge is -2.41. The first-order chi connectivity index (χ1) is 17.3. The Bertz CT molecular complexity index is 1160. The van der Waals surface area contributed by atoms with Crippen LogP contribution >= 0.6 is 0 Å². The van der Waals surface area contributed by atoms with Gasteiger partial charge < -0.3 is 19.6 Å². The van der Waals surface area contributed by atoms with Gasteiger partial charge >= 0.3 is 12.0 Å². The Morgan fingerprint density at radius 3 is 2.70 bits per heavy atom. The fraction of sp³-hybridized carbons (Fsp3) is 0.692. The quantitative estimate of drug-likeness (QED) is 0.197. The number of aromatic nitrogens is 4. The molecule has 11 heteroatoms. The molecule has 1 unspecified atom stereocenters. The van der Waals surface area contributed by atoms with Crippen LogP contribution in [0.5, 0.6) is 0 Å². The minimum atomic E-state index is -2.24. The normalized spacial score (nSPS) is 23.2. The lowest BCUT2D eigenvalue weighted by molar-refractivity contribution is -0.146. The van der Waals surface area contributed by atoms with Gasteiger partial charge in [-0.3, -0.25) is 9.36 Å². The van der Waals surface area contributed by atoms with Crippen molar-refractivity contribution in [2.45, 2.75) is 102 Å². The number of nitrogen functional groups attached to an aromatic ring is 1. The zero-order valence-corrected chi connectivity index (χ0v) is 24.0. The highest BCUT2D eigenvalue weighted by Crippen LogP contribution is 2.47. The van der Waals surface area contributed by atoms with Gasteiger partial charge in [0, 0.05) is 6.42 Å². The minimum absolute atomic E-state index is 0.0405. The number of halogens is 1. The van der Waals surface area contributed by atoms with Gasteiger partial charge in [0.1, 0.15) is 6.23 Å². The molecule has 3 heterocycles. The molecule has 204 valence electrons. The average Bonchev–Trinajstić information content (AvgIpc) is 3.39. The highest BCUT2D eigenvalue weighted by atomic mass is 28.4. The molecule has 1 aliphatic rings. The number of carbonyl (C=O) groups excluding carboxylic acids is 1. The second kappa shape index (κ2) is 11.1. The number of carbonyl (C=O) groups is 1. The van der Waals surface area contributed by atoms with E-state index < -0.39 is 32.3 Å². The second-order valence-electron chi connectivity index (χ2n) is 11.3. The Kier molecular flexibility index (Phi) is 8.66. The number of imidazole rings is 1. The number of esters is 1. The molecular weight excluding hydrogens is 493 g/mol. The zero-order valence-electron chi connectivity index (χ0n) is 23.0. The van der Waals surface area contributed by atoms with E-state index in [0.717, 1.165) is 12.8 Å². The van der Waals surface area contributed by atoms with Crippen molar-refractivity contribution in [2.24, 2.45) is 5.92 Å². The van der Waals surface area contributed by atoms with E-state index in [1.165, 1.54) is 13.4 Å². The van der Waals surface area contributed by atoms with Crippen molar-refractivity contribution in [3.8, 4) is 12.3 Å². The summed E-state index contributed by atoms with van der Waals surface area (Å²) >= 11 is 0. The molecule has 0 saturated carbocycles. The van der Waals surface area contributed by atoms with E-state index in [1.807, 2.05) is 6.92 Å². The van der Waals surface area contributed by atoms with Crippen LogP contribution in [0.2, 0.25) is 18.1 Å². The van der Waals surface area contributed by atoms with Gasteiger partial charge in [-0.1, -0.05) is 40.0 Å². The molecule has 37 heavy (non-hydrogen) atoms. The molecule has 3 rings (SSSR count). The highest BCUT2D eigenvalue weighted by Gasteiger charge is 2.52. The Morgan fingerprint density at radius 2 is 2.11 bits per heavy atom. The highest BCUT2D eigenvalue weighted by molar-refractivity contribution is 6.74. The van der Waals surface area contributed by atoms with E-state index in [2.05, 4.69) is 54.7 Å². The van der Waals surface area contributed by atoms with Crippen molar-refractivity contribution in [1.82, 2.24) is 19.5 Å². The molecule has 0 aliphatic carbocycles. The topological polar surface area (TPSA) is 114 Å². The standard InChI is InChI=1S/C26H40FN5O4Si/c1-9-12-17(23(33)34-6)13-11-14-26(10-2)18(36-37(7,8)25(3,4)5)15-19(35-26)32-16-29-20-21(28)30-24(27)31-22(20)32/h2,16-19H,9,11-15H2,1,3-8H3,(H2,28,30,31)/t17?,18-,19+,26-/m0/s1.